The largest absolute Gasteiger partial charge is 0.466 e. The average Bonchev–Trinajstić information content (AvgIpc) is 3.35. The molecule has 0 aliphatic carbocycles. The number of carbonyl (C=O) groups excluding carboxylic acids is 2. The van der Waals surface area contributed by atoms with Gasteiger partial charge in [-0.15, -0.1) is 20.4 Å². The Hall–Kier alpha value is -3.12. The average molecular weight is 458 g/mol. The molecule has 1 amide bonds. The van der Waals surface area contributed by atoms with Gasteiger partial charge >= 0.3 is 5.97 Å². The van der Waals surface area contributed by atoms with E-state index in [2.05, 4.69) is 35.7 Å². The number of anilines is 1. The third kappa shape index (κ3) is 4.80. The van der Waals surface area contributed by atoms with Gasteiger partial charge in [-0.05, 0) is 19.4 Å². The summed E-state index contributed by atoms with van der Waals surface area (Å²) in [4.78, 5) is 32.0. The number of thioether (sulfide) groups is 1. The van der Waals surface area contributed by atoms with Gasteiger partial charge in [-0.1, -0.05) is 48.2 Å². The molecule has 12 heteroatoms. The molecule has 4 rings (SSSR count). The summed E-state index contributed by atoms with van der Waals surface area (Å²) in [5.41, 5.74) is 2.25. The fourth-order valence-corrected chi connectivity index (χ4v) is 4.45. The highest BCUT2D eigenvalue weighted by Gasteiger charge is 2.22. The molecule has 0 radical (unpaired) electrons. The van der Waals surface area contributed by atoms with Crippen LogP contribution in [0.5, 0.6) is 0 Å². The Morgan fingerprint density at radius 2 is 2.03 bits per heavy atom. The van der Waals surface area contributed by atoms with Crippen molar-refractivity contribution in [3.63, 3.8) is 0 Å². The summed E-state index contributed by atoms with van der Waals surface area (Å²) in [7, 11) is 0. The minimum absolute atomic E-state index is 0.0252. The van der Waals surface area contributed by atoms with Gasteiger partial charge in [-0.2, -0.15) is 0 Å². The molecule has 0 saturated heterocycles. The maximum absolute atomic E-state index is 12.7. The van der Waals surface area contributed by atoms with Crippen LogP contribution in [0.2, 0.25) is 0 Å². The SMILES string of the molecule is CCOC(=O)Cc1nnc(NC(=O)C(CC)Sc2nnc3c(n2)[nH]c2ccccc23)s1. The minimum Gasteiger partial charge on any atom is -0.466 e. The van der Waals surface area contributed by atoms with Crippen LogP contribution < -0.4 is 5.32 Å². The van der Waals surface area contributed by atoms with Crippen molar-refractivity contribution in [1.29, 1.82) is 0 Å². The molecule has 1 aromatic carbocycles. The quantitative estimate of drug-likeness (QED) is 0.302. The van der Waals surface area contributed by atoms with Crippen LogP contribution in [0.4, 0.5) is 5.13 Å². The third-order valence-corrected chi connectivity index (χ3v) is 6.37. The number of aromatic nitrogens is 6. The molecule has 0 aliphatic rings. The Kier molecular flexibility index (Phi) is 6.37. The molecule has 0 bridgehead atoms. The molecule has 160 valence electrons. The Bertz CT molecular complexity index is 1240. The standard InChI is InChI=1S/C19H19N7O3S2/c1-3-12(17(28)22-19-25-23-13(31-19)9-14(27)29-4-2)30-18-21-16-15(24-26-18)10-7-5-6-8-11(10)20-16/h5-8,12H,3-4,9H2,1-2H3,(H,20,21,26)(H,22,25,28). The maximum Gasteiger partial charge on any atom is 0.312 e. The lowest BCUT2D eigenvalue weighted by atomic mass is 10.2. The highest BCUT2D eigenvalue weighted by molar-refractivity contribution is 8.00. The van der Waals surface area contributed by atoms with Crippen molar-refractivity contribution in [3.8, 4) is 0 Å². The van der Waals surface area contributed by atoms with Crippen LogP contribution in [-0.4, -0.2) is 54.1 Å². The number of ether oxygens (including phenoxy) is 1. The monoisotopic (exact) mass is 457 g/mol. The van der Waals surface area contributed by atoms with E-state index in [1.165, 1.54) is 11.8 Å². The normalized spacial score (nSPS) is 12.2. The number of hydrogen-bond donors (Lipinski definition) is 2. The summed E-state index contributed by atoms with van der Waals surface area (Å²) in [5.74, 6) is -0.623. The van der Waals surface area contributed by atoms with Gasteiger partial charge in [0, 0.05) is 10.9 Å². The van der Waals surface area contributed by atoms with Gasteiger partial charge in [0.25, 0.3) is 0 Å². The highest BCUT2D eigenvalue weighted by Crippen LogP contribution is 2.27. The van der Waals surface area contributed by atoms with Crippen molar-refractivity contribution in [1.82, 2.24) is 30.4 Å². The summed E-state index contributed by atoms with van der Waals surface area (Å²) in [6, 6.07) is 7.77. The Balaban J connectivity index is 1.44. The van der Waals surface area contributed by atoms with Crippen LogP contribution in [0.1, 0.15) is 25.3 Å². The van der Waals surface area contributed by atoms with Crippen molar-refractivity contribution in [2.75, 3.05) is 11.9 Å². The molecule has 10 nitrogen and oxygen atoms in total. The number of rotatable bonds is 8. The van der Waals surface area contributed by atoms with Crippen LogP contribution in [0.25, 0.3) is 22.1 Å². The Labute approximate surface area is 185 Å². The highest BCUT2D eigenvalue weighted by atomic mass is 32.2. The fourth-order valence-electron chi connectivity index (χ4n) is 2.90. The van der Waals surface area contributed by atoms with E-state index < -0.39 is 5.25 Å². The number of para-hydroxylation sites is 1. The third-order valence-electron chi connectivity index (χ3n) is 4.31. The first kappa shape index (κ1) is 21.1. The number of esters is 1. The summed E-state index contributed by atoms with van der Waals surface area (Å²) in [6.07, 6.45) is 0.580. The van der Waals surface area contributed by atoms with Gasteiger partial charge < -0.3 is 9.72 Å². The number of nitrogens with one attached hydrogen (secondary N) is 2. The smallest absolute Gasteiger partial charge is 0.312 e. The molecule has 2 N–H and O–H groups in total. The van der Waals surface area contributed by atoms with E-state index in [9.17, 15) is 9.59 Å². The molecular formula is C19H19N7O3S2. The number of nitrogens with zero attached hydrogens (tertiary/aromatic N) is 5. The number of carbonyl (C=O) groups is 2. The molecule has 0 fully saturated rings. The van der Waals surface area contributed by atoms with Crippen LogP contribution in [0.3, 0.4) is 0 Å². The molecular weight excluding hydrogens is 438 g/mol. The number of H-pyrrole nitrogens is 1. The maximum atomic E-state index is 12.7. The van der Waals surface area contributed by atoms with Crippen molar-refractivity contribution in [2.45, 2.75) is 37.1 Å². The summed E-state index contributed by atoms with van der Waals surface area (Å²) >= 11 is 2.37. The molecule has 4 aromatic rings. The second-order valence-electron chi connectivity index (χ2n) is 6.45. The zero-order valence-electron chi connectivity index (χ0n) is 16.8. The molecule has 3 heterocycles. The molecule has 0 aliphatic heterocycles. The first-order chi connectivity index (χ1) is 15.1. The zero-order chi connectivity index (χ0) is 21.8. The van der Waals surface area contributed by atoms with Gasteiger partial charge in [0.2, 0.25) is 16.2 Å². The van der Waals surface area contributed by atoms with E-state index >= 15 is 0 Å². The second-order valence-corrected chi connectivity index (χ2v) is 8.68. The van der Waals surface area contributed by atoms with Gasteiger partial charge in [-0.3, -0.25) is 14.9 Å². The summed E-state index contributed by atoms with van der Waals surface area (Å²) < 4.78 is 4.89. The van der Waals surface area contributed by atoms with Crippen LogP contribution in [0, 0.1) is 0 Å². The number of hydrogen-bond acceptors (Lipinski definition) is 10. The molecule has 1 atom stereocenters. The zero-order valence-corrected chi connectivity index (χ0v) is 18.4. The number of benzene rings is 1. The Morgan fingerprint density at radius 1 is 1.19 bits per heavy atom. The van der Waals surface area contributed by atoms with Gasteiger partial charge in [0.05, 0.1) is 18.3 Å². The van der Waals surface area contributed by atoms with Gasteiger partial charge in [0.15, 0.2) is 5.65 Å². The van der Waals surface area contributed by atoms with Gasteiger partial charge in [-0.25, -0.2) is 4.98 Å². The number of fused-ring (bicyclic) bond motifs is 3. The van der Waals surface area contributed by atoms with Crippen LogP contribution >= 0.6 is 23.1 Å². The molecule has 0 spiro atoms. The predicted molar refractivity (Wildman–Crippen MR) is 118 cm³/mol. The van der Waals surface area contributed by atoms with Gasteiger partial charge in [0.1, 0.15) is 10.5 Å². The first-order valence-corrected chi connectivity index (χ1v) is 11.3. The topological polar surface area (TPSA) is 136 Å². The lowest BCUT2D eigenvalue weighted by molar-refractivity contribution is -0.142. The molecule has 0 saturated carbocycles. The van der Waals surface area contributed by atoms with Crippen LogP contribution in [-0.2, 0) is 20.7 Å². The van der Waals surface area contributed by atoms with E-state index in [0.29, 0.717) is 39.5 Å². The second kappa shape index (κ2) is 9.35. The molecule has 1 unspecified atom stereocenters. The van der Waals surface area contributed by atoms with E-state index in [0.717, 1.165) is 22.2 Å². The summed E-state index contributed by atoms with van der Waals surface area (Å²) in [6.45, 7) is 3.94. The molecule has 3 aromatic heterocycles. The number of amides is 1. The van der Waals surface area contributed by atoms with Crippen molar-refractivity contribution < 1.29 is 14.3 Å². The minimum atomic E-state index is -0.443. The van der Waals surface area contributed by atoms with Crippen molar-refractivity contribution >= 4 is 62.2 Å². The van der Waals surface area contributed by atoms with E-state index in [-0.39, 0.29) is 18.3 Å². The number of aromatic amines is 1. The first-order valence-electron chi connectivity index (χ1n) is 9.64. The van der Waals surface area contributed by atoms with E-state index in [1.54, 1.807) is 6.92 Å². The van der Waals surface area contributed by atoms with Crippen molar-refractivity contribution in [2.24, 2.45) is 0 Å². The fraction of sp³-hybridized carbons (Fsp3) is 0.316. The van der Waals surface area contributed by atoms with Crippen LogP contribution in [0.15, 0.2) is 29.4 Å². The summed E-state index contributed by atoms with van der Waals surface area (Å²) in [5, 5.41) is 20.8. The lowest BCUT2D eigenvalue weighted by Gasteiger charge is -2.11. The van der Waals surface area contributed by atoms with Crippen molar-refractivity contribution in [3.05, 3.63) is 29.3 Å². The predicted octanol–water partition coefficient (Wildman–Crippen LogP) is 2.97. The lowest BCUT2D eigenvalue weighted by Crippen LogP contribution is -2.24. The molecule has 31 heavy (non-hydrogen) atoms. The Morgan fingerprint density at radius 3 is 2.84 bits per heavy atom. The van der Waals surface area contributed by atoms with E-state index in [1.807, 2.05) is 31.2 Å². The van der Waals surface area contributed by atoms with E-state index in [4.69, 9.17) is 4.74 Å².